The van der Waals surface area contributed by atoms with Crippen molar-refractivity contribution in [2.75, 3.05) is 6.26 Å². The summed E-state index contributed by atoms with van der Waals surface area (Å²) in [6.07, 6.45) is 1.19. The number of thiophene rings is 1. The molecule has 102 valence electrons. The van der Waals surface area contributed by atoms with Gasteiger partial charge in [0, 0.05) is 11.8 Å². The van der Waals surface area contributed by atoms with Gasteiger partial charge in [0.15, 0.2) is 9.84 Å². The molecule has 0 spiro atoms. The van der Waals surface area contributed by atoms with Crippen molar-refractivity contribution in [3.05, 3.63) is 49.0 Å². The zero-order valence-corrected chi connectivity index (χ0v) is 15.3. The Kier molecular flexibility index (Phi) is 4.78. The second-order valence-corrected chi connectivity index (χ2v) is 10.2. The van der Waals surface area contributed by atoms with Gasteiger partial charge >= 0.3 is 0 Å². The summed E-state index contributed by atoms with van der Waals surface area (Å²) in [5, 5.41) is -0.390. The van der Waals surface area contributed by atoms with Crippen molar-refractivity contribution in [2.45, 2.75) is 10.3 Å². The van der Waals surface area contributed by atoms with E-state index in [9.17, 15) is 8.42 Å². The normalized spacial score (nSPS) is 13.5. The van der Waals surface area contributed by atoms with Crippen LogP contribution >= 0.6 is 54.8 Å². The van der Waals surface area contributed by atoms with Gasteiger partial charge < -0.3 is 0 Å². The monoisotopic (exact) mass is 442 g/mol. The molecule has 1 unspecified atom stereocenters. The SMILES string of the molecule is CS(=O)(=O)c1cccc(C(Cl)c2cc(Br)sc2Br)c1. The minimum Gasteiger partial charge on any atom is -0.224 e. The third-order valence-electron chi connectivity index (χ3n) is 2.54. The highest BCUT2D eigenvalue weighted by atomic mass is 79.9. The van der Waals surface area contributed by atoms with Gasteiger partial charge in [0.1, 0.15) is 0 Å². The molecule has 19 heavy (non-hydrogen) atoms. The predicted molar refractivity (Wildman–Crippen MR) is 87.0 cm³/mol. The standard InChI is InChI=1S/C12H9Br2ClO2S2/c1-19(16,17)8-4-2-3-7(5-8)11(15)9-6-10(13)18-12(9)14/h2-6,11H,1H3. The molecule has 2 nitrogen and oxygen atoms in total. The van der Waals surface area contributed by atoms with Crippen LogP contribution in [0.2, 0.25) is 0 Å². The first kappa shape index (κ1) is 15.5. The van der Waals surface area contributed by atoms with Crippen LogP contribution in [0, 0.1) is 0 Å². The Bertz CT molecular complexity index is 710. The molecule has 0 aliphatic rings. The summed E-state index contributed by atoms with van der Waals surface area (Å²) in [6, 6.07) is 8.65. The third kappa shape index (κ3) is 3.61. The van der Waals surface area contributed by atoms with E-state index in [0.29, 0.717) is 0 Å². The lowest BCUT2D eigenvalue weighted by molar-refractivity contribution is 0.601. The number of hydrogen-bond donors (Lipinski definition) is 0. The Morgan fingerprint density at radius 3 is 2.47 bits per heavy atom. The first-order valence-corrected chi connectivity index (χ1v) is 9.91. The van der Waals surface area contributed by atoms with Gasteiger partial charge in [-0.2, -0.15) is 0 Å². The summed E-state index contributed by atoms with van der Waals surface area (Å²) >= 11 is 14.8. The lowest BCUT2D eigenvalue weighted by Crippen LogP contribution is -1.99. The molecule has 1 aromatic heterocycles. The van der Waals surface area contributed by atoms with E-state index in [1.807, 2.05) is 12.1 Å². The van der Waals surface area contributed by atoms with Gasteiger partial charge in [0.2, 0.25) is 0 Å². The molecular weight excluding hydrogens is 436 g/mol. The molecule has 7 heteroatoms. The average molecular weight is 445 g/mol. The van der Waals surface area contributed by atoms with Crippen molar-refractivity contribution in [3.8, 4) is 0 Å². The molecule has 0 radical (unpaired) electrons. The molecule has 1 atom stereocenters. The number of sulfone groups is 1. The van der Waals surface area contributed by atoms with Gasteiger partial charge in [-0.3, -0.25) is 0 Å². The summed E-state index contributed by atoms with van der Waals surface area (Å²) < 4.78 is 25.0. The minimum atomic E-state index is -3.22. The maximum Gasteiger partial charge on any atom is 0.175 e. The van der Waals surface area contributed by atoms with Crippen molar-refractivity contribution >= 4 is 64.6 Å². The highest BCUT2D eigenvalue weighted by molar-refractivity contribution is 9.12. The van der Waals surface area contributed by atoms with E-state index >= 15 is 0 Å². The quantitative estimate of drug-likeness (QED) is 0.624. The van der Waals surface area contributed by atoms with Crippen molar-refractivity contribution < 1.29 is 8.42 Å². The zero-order chi connectivity index (χ0) is 14.2. The van der Waals surface area contributed by atoms with Crippen molar-refractivity contribution in [3.63, 3.8) is 0 Å². The Morgan fingerprint density at radius 2 is 1.95 bits per heavy atom. The minimum absolute atomic E-state index is 0.279. The lowest BCUT2D eigenvalue weighted by atomic mass is 10.1. The number of benzene rings is 1. The van der Waals surface area contributed by atoms with Crippen LogP contribution in [0.25, 0.3) is 0 Å². The van der Waals surface area contributed by atoms with Crippen LogP contribution in [0.1, 0.15) is 16.5 Å². The van der Waals surface area contributed by atoms with Gasteiger partial charge in [-0.1, -0.05) is 12.1 Å². The summed E-state index contributed by atoms with van der Waals surface area (Å²) in [4.78, 5) is 0.279. The Morgan fingerprint density at radius 1 is 1.26 bits per heavy atom. The smallest absolute Gasteiger partial charge is 0.175 e. The number of hydrogen-bond acceptors (Lipinski definition) is 3. The molecule has 0 aliphatic heterocycles. The van der Waals surface area contributed by atoms with Crippen LogP contribution in [0.15, 0.2) is 42.8 Å². The van der Waals surface area contributed by atoms with Crippen LogP contribution in [0.3, 0.4) is 0 Å². The molecule has 0 N–H and O–H groups in total. The van der Waals surface area contributed by atoms with Gasteiger partial charge in [-0.25, -0.2) is 8.42 Å². The highest BCUT2D eigenvalue weighted by Crippen LogP contribution is 2.41. The summed E-state index contributed by atoms with van der Waals surface area (Å²) in [5.41, 5.74) is 1.68. The molecule has 0 bridgehead atoms. The van der Waals surface area contributed by atoms with E-state index in [-0.39, 0.29) is 4.90 Å². The fourth-order valence-electron chi connectivity index (χ4n) is 1.61. The van der Waals surface area contributed by atoms with Crippen LogP contribution in [-0.4, -0.2) is 14.7 Å². The Balaban J connectivity index is 2.45. The predicted octanol–water partition coefficient (Wildman–Crippen LogP) is 5.00. The topological polar surface area (TPSA) is 34.1 Å². The van der Waals surface area contributed by atoms with Gasteiger partial charge in [0.05, 0.1) is 17.8 Å². The number of halogens is 3. The summed E-state index contributed by atoms with van der Waals surface area (Å²) in [5.74, 6) is 0. The molecule has 0 saturated heterocycles. The van der Waals surface area contributed by atoms with Crippen molar-refractivity contribution in [1.82, 2.24) is 0 Å². The Hall–Kier alpha value is 0.120. The average Bonchev–Trinajstić information content (AvgIpc) is 2.66. The number of alkyl halides is 1. The summed E-state index contributed by atoms with van der Waals surface area (Å²) in [6.45, 7) is 0. The van der Waals surface area contributed by atoms with Crippen LogP contribution in [0.4, 0.5) is 0 Å². The van der Waals surface area contributed by atoms with E-state index in [2.05, 4.69) is 31.9 Å². The molecule has 0 fully saturated rings. The second-order valence-electron chi connectivity index (χ2n) is 3.99. The Labute approximate surface area is 138 Å². The molecule has 2 rings (SSSR count). The molecular formula is C12H9Br2ClO2S2. The molecule has 1 heterocycles. The van der Waals surface area contributed by atoms with Gasteiger partial charge in [0.25, 0.3) is 0 Å². The number of rotatable bonds is 3. The maximum atomic E-state index is 11.6. The van der Waals surface area contributed by atoms with Crippen molar-refractivity contribution in [2.24, 2.45) is 0 Å². The van der Waals surface area contributed by atoms with E-state index in [1.54, 1.807) is 18.2 Å². The van der Waals surface area contributed by atoms with Gasteiger partial charge in [-0.05, 0) is 55.6 Å². The highest BCUT2D eigenvalue weighted by Gasteiger charge is 2.18. The molecule has 0 saturated carbocycles. The lowest BCUT2D eigenvalue weighted by Gasteiger charge is -2.10. The third-order valence-corrected chi connectivity index (χ3v) is 6.52. The zero-order valence-electron chi connectivity index (χ0n) is 9.73. The fourth-order valence-corrected chi connectivity index (χ4v) is 5.69. The van der Waals surface area contributed by atoms with E-state index in [4.69, 9.17) is 11.6 Å². The second kappa shape index (κ2) is 5.85. The van der Waals surface area contributed by atoms with Gasteiger partial charge in [-0.15, -0.1) is 22.9 Å². The first-order valence-electron chi connectivity index (χ1n) is 5.18. The fraction of sp³-hybridized carbons (Fsp3) is 0.167. The molecule has 0 amide bonds. The van der Waals surface area contributed by atoms with E-state index < -0.39 is 15.2 Å². The first-order chi connectivity index (χ1) is 8.79. The van der Waals surface area contributed by atoms with Crippen LogP contribution in [-0.2, 0) is 9.84 Å². The van der Waals surface area contributed by atoms with E-state index in [0.717, 1.165) is 18.7 Å². The molecule has 0 aliphatic carbocycles. The van der Waals surface area contributed by atoms with E-state index in [1.165, 1.54) is 17.6 Å². The molecule has 1 aromatic carbocycles. The van der Waals surface area contributed by atoms with Crippen molar-refractivity contribution in [1.29, 1.82) is 0 Å². The van der Waals surface area contributed by atoms with Crippen LogP contribution < -0.4 is 0 Å². The molecule has 2 aromatic rings. The summed E-state index contributed by atoms with van der Waals surface area (Å²) in [7, 11) is -3.22. The largest absolute Gasteiger partial charge is 0.224 e. The van der Waals surface area contributed by atoms with Crippen LogP contribution in [0.5, 0.6) is 0 Å². The maximum absolute atomic E-state index is 11.6.